The summed E-state index contributed by atoms with van der Waals surface area (Å²) in [6.45, 7) is 7.01. The van der Waals surface area contributed by atoms with Crippen LogP contribution in [0.1, 0.15) is 54.5 Å². The van der Waals surface area contributed by atoms with Crippen LogP contribution in [0.4, 0.5) is 16.3 Å². The maximum atomic E-state index is 13.5. The van der Waals surface area contributed by atoms with Gasteiger partial charge >= 0.3 is 6.09 Å². The van der Waals surface area contributed by atoms with E-state index < -0.39 is 17.4 Å². The molecule has 12 heteroatoms. The van der Waals surface area contributed by atoms with Gasteiger partial charge in [-0.15, -0.1) is 11.8 Å². The fraction of sp³-hybridized carbons (Fsp3) is 0.367. The van der Waals surface area contributed by atoms with Crippen LogP contribution in [0.2, 0.25) is 5.02 Å². The molecule has 1 saturated heterocycles. The third-order valence-corrected chi connectivity index (χ3v) is 7.27. The van der Waals surface area contributed by atoms with E-state index in [1.807, 2.05) is 39.2 Å². The minimum absolute atomic E-state index is 0.0234. The van der Waals surface area contributed by atoms with Gasteiger partial charge in [-0.2, -0.15) is 0 Å². The van der Waals surface area contributed by atoms with Gasteiger partial charge in [0.1, 0.15) is 17.2 Å². The SMILES string of the molecule is CSc1ccc(C(=O)Nc2cccnc2C(=O)Nc2ccc(Cl)cn2)c(OC[C@H]2CCCN(C(=O)OC(C)(C)C)C2)c1. The molecule has 2 aromatic heterocycles. The highest BCUT2D eigenvalue weighted by Gasteiger charge is 2.28. The standard InChI is InChI=1S/C30H34ClN5O5S/c1-30(2,3)41-29(39)36-14-6-7-19(17-36)18-40-24-15-21(42-4)10-11-22(24)27(37)34-23-8-5-13-32-26(23)28(38)35-25-12-9-20(31)16-33-25/h5,8-13,15-16,19H,6-7,14,17-18H2,1-4H3,(H,34,37)(H,33,35,38)/t19-/m0/s1. The normalized spacial score (nSPS) is 15.1. The summed E-state index contributed by atoms with van der Waals surface area (Å²) in [6, 6.07) is 11.7. The Kier molecular flexibility index (Phi) is 10.3. The molecule has 2 N–H and O–H groups in total. The van der Waals surface area contributed by atoms with Gasteiger partial charge in [-0.3, -0.25) is 9.59 Å². The average Bonchev–Trinajstić information content (AvgIpc) is 2.96. The molecular weight excluding hydrogens is 578 g/mol. The number of halogens is 1. The van der Waals surface area contributed by atoms with Gasteiger partial charge < -0.3 is 25.0 Å². The predicted octanol–water partition coefficient (Wildman–Crippen LogP) is 6.38. The Bertz CT molecular complexity index is 1430. The van der Waals surface area contributed by atoms with Gasteiger partial charge in [-0.1, -0.05) is 11.6 Å². The average molecular weight is 612 g/mol. The van der Waals surface area contributed by atoms with Crippen molar-refractivity contribution in [3.05, 3.63) is 71.1 Å². The molecule has 1 aliphatic rings. The molecule has 1 fully saturated rings. The van der Waals surface area contributed by atoms with Crippen molar-refractivity contribution in [3.63, 3.8) is 0 Å². The first-order valence-electron chi connectivity index (χ1n) is 13.5. The Hall–Kier alpha value is -3.83. The number of carbonyl (C=O) groups is 3. The number of nitrogens with one attached hydrogen (secondary N) is 2. The van der Waals surface area contributed by atoms with Gasteiger partial charge in [0.05, 0.1) is 22.9 Å². The van der Waals surface area contributed by atoms with Crippen molar-refractivity contribution in [1.29, 1.82) is 0 Å². The quantitative estimate of drug-likeness (QED) is 0.281. The van der Waals surface area contributed by atoms with E-state index >= 15 is 0 Å². The van der Waals surface area contributed by atoms with Crippen molar-refractivity contribution >= 4 is 52.8 Å². The predicted molar refractivity (Wildman–Crippen MR) is 164 cm³/mol. The van der Waals surface area contributed by atoms with E-state index in [-0.39, 0.29) is 23.4 Å². The number of piperidine rings is 1. The lowest BCUT2D eigenvalue weighted by atomic mass is 9.99. The Morgan fingerprint density at radius 2 is 1.90 bits per heavy atom. The number of likely N-dealkylation sites (tertiary alicyclic amines) is 1. The van der Waals surface area contributed by atoms with Crippen molar-refractivity contribution in [3.8, 4) is 5.75 Å². The number of rotatable bonds is 8. The molecule has 3 heterocycles. The molecule has 1 atom stereocenters. The molecule has 4 rings (SSSR count). The number of aromatic nitrogens is 2. The summed E-state index contributed by atoms with van der Waals surface area (Å²) in [5.41, 5.74) is -0.00523. The van der Waals surface area contributed by atoms with E-state index in [4.69, 9.17) is 21.1 Å². The van der Waals surface area contributed by atoms with E-state index in [0.717, 1.165) is 17.7 Å². The second-order valence-electron chi connectivity index (χ2n) is 10.8. The molecule has 42 heavy (non-hydrogen) atoms. The number of amides is 3. The number of benzene rings is 1. The van der Waals surface area contributed by atoms with Crippen molar-refractivity contribution in [2.24, 2.45) is 5.92 Å². The van der Waals surface area contributed by atoms with Crippen LogP contribution in [0.25, 0.3) is 0 Å². The fourth-order valence-corrected chi connectivity index (χ4v) is 4.88. The van der Waals surface area contributed by atoms with E-state index in [1.54, 1.807) is 35.2 Å². The largest absolute Gasteiger partial charge is 0.492 e. The van der Waals surface area contributed by atoms with E-state index in [0.29, 0.717) is 41.8 Å². The van der Waals surface area contributed by atoms with Crippen LogP contribution >= 0.6 is 23.4 Å². The van der Waals surface area contributed by atoms with E-state index in [2.05, 4.69) is 20.6 Å². The minimum atomic E-state index is -0.567. The summed E-state index contributed by atoms with van der Waals surface area (Å²) < 4.78 is 11.7. The summed E-state index contributed by atoms with van der Waals surface area (Å²) in [7, 11) is 0. The molecule has 0 unspecified atom stereocenters. The number of ether oxygens (including phenoxy) is 2. The second-order valence-corrected chi connectivity index (χ2v) is 12.1. The van der Waals surface area contributed by atoms with Crippen molar-refractivity contribution in [2.45, 2.75) is 44.1 Å². The lowest BCUT2D eigenvalue weighted by Crippen LogP contribution is -2.44. The molecule has 0 radical (unpaired) electrons. The molecule has 0 bridgehead atoms. The highest BCUT2D eigenvalue weighted by Crippen LogP contribution is 2.29. The van der Waals surface area contributed by atoms with Gasteiger partial charge in [0.25, 0.3) is 11.8 Å². The smallest absolute Gasteiger partial charge is 0.410 e. The topological polar surface area (TPSA) is 123 Å². The second kappa shape index (κ2) is 13.9. The van der Waals surface area contributed by atoms with Gasteiger partial charge in [-0.05, 0) is 82.3 Å². The molecule has 1 aromatic carbocycles. The zero-order chi connectivity index (χ0) is 30.3. The zero-order valence-electron chi connectivity index (χ0n) is 24.0. The summed E-state index contributed by atoms with van der Waals surface area (Å²) in [5.74, 6) is -0.210. The van der Waals surface area contributed by atoms with Crippen molar-refractivity contribution in [2.75, 3.05) is 36.6 Å². The van der Waals surface area contributed by atoms with Crippen molar-refractivity contribution < 1.29 is 23.9 Å². The van der Waals surface area contributed by atoms with Gasteiger partial charge in [-0.25, -0.2) is 14.8 Å². The molecule has 222 valence electrons. The Balaban J connectivity index is 1.46. The van der Waals surface area contributed by atoms with Crippen molar-refractivity contribution in [1.82, 2.24) is 14.9 Å². The Labute approximate surface area is 254 Å². The summed E-state index contributed by atoms with van der Waals surface area (Å²) in [4.78, 5) is 49.9. The molecule has 0 aliphatic carbocycles. The number of nitrogens with zero attached hydrogens (tertiary/aromatic N) is 3. The van der Waals surface area contributed by atoms with Crippen LogP contribution in [0.3, 0.4) is 0 Å². The molecule has 0 spiro atoms. The lowest BCUT2D eigenvalue weighted by molar-refractivity contribution is 0.0139. The van der Waals surface area contributed by atoms with Gasteiger partial charge in [0.15, 0.2) is 5.69 Å². The van der Waals surface area contributed by atoms with Crippen LogP contribution in [0.15, 0.2) is 59.8 Å². The zero-order valence-corrected chi connectivity index (χ0v) is 25.6. The van der Waals surface area contributed by atoms with Gasteiger partial charge in [0.2, 0.25) is 0 Å². The molecular formula is C30H34ClN5O5S. The van der Waals surface area contributed by atoms with Crippen LogP contribution in [0.5, 0.6) is 5.75 Å². The lowest BCUT2D eigenvalue weighted by Gasteiger charge is -2.34. The number of hydrogen-bond acceptors (Lipinski definition) is 8. The minimum Gasteiger partial charge on any atom is -0.492 e. The molecule has 3 aromatic rings. The third kappa shape index (κ3) is 8.59. The summed E-state index contributed by atoms with van der Waals surface area (Å²) in [5, 5.41) is 5.90. The molecule has 3 amide bonds. The fourth-order valence-electron chi connectivity index (χ4n) is 4.34. The number of pyridine rings is 2. The van der Waals surface area contributed by atoms with Gasteiger partial charge in [0, 0.05) is 36.3 Å². The third-order valence-electron chi connectivity index (χ3n) is 6.32. The highest BCUT2D eigenvalue weighted by atomic mass is 35.5. The monoisotopic (exact) mass is 611 g/mol. The van der Waals surface area contributed by atoms with Crippen LogP contribution in [-0.4, -0.2) is 64.3 Å². The molecule has 10 nitrogen and oxygen atoms in total. The highest BCUT2D eigenvalue weighted by molar-refractivity contribution is 7.98. The van der Waals surface area contributed by atoms with Crippen LogP contribution in [0, 0.1) is 5.92 Å². The first kappa shape index (κ1) is 31.1. The molecule has 0 saturated carbocycles. The maximum absolute atomic E-state index is 13.5. The Morgan fingerprint density at radius 3 is 2.62 bits per heavy atom. The van der Waals surface area contributed by atoms with E-state index in [9.17, 15) is 14.4 Å². The number of hydrogen-bond donors (Lipinski definition) is 2. The first-order chi connectivity index (χ1) is 20.0. The van der Waals surface area contributed by atoms with Crippen LogP contribution in [-0.2, 0) is 4.74 Å². The van der Waals surface area contributed by atoms with E-state index in [1.165, 1.54) is 24.2 Å². The first-order valence-corrected chi connectivity index (χ1v) is 15.1. The maximum Gasteiger partial charge on any atom is 0.410 e. The summed E-state index contributed by atoms with van der Waals surface area (Å²) in [6.07, 6.45) is 6.21. The summed E-state index contributed by atoms with van der Waals surface area (Å²) >= 11 is 7.40. The number of anilines is 2. The Morgan fingerprint density at radius 1 is 1.10 bits per heavy atom. The number of carbonyl (C=O) groups excluding carboxylic acids is 3. The number of thioether (sulfide) groups is 1. The van der Waals surface area contributed by atoms with Crippen LogP contribution < -0.4 is 15.4 Å². The molecule has 1 aliphatic heterocycles.